The van der Waals surface area contributed by atoms with Crippen LogP contribution in [0.2, 0.25) is 0 Å². The molecule has 0 amide bonds. The number of halogens is 1. The molecule has 0 spiro atoms. The molecule has 0 saturated heterocycles. The Hall–Kier alpha value is -1.12. The number of nitrogens with zero attached hydrogens (tertiary/aromatic N) is 2. The van der Waals surface area contributed by atoms with Gasteiger partial charge < -0.3 is 15.5 Å². The van der Waals surface area contributed by atoms with E-state index in [1.165, 1.54) is 16.7 Å². The quantitative estimate of drug-likeness (QED) is 0.365. The van der Waals surface area contributed by atoms with E-state index in [9.17, 15) is 0 Å². The Morgan fingerprint density at radius 2 is 1.88 bits per heavy atom. The van der Waals surface area contributed by atoms with Crippen LogP contribution < -0.4 is 10.6 Å². The first kappa shape index (κ1) is 21.9. The Morgan fingerprint density at radius 3 is 2.48 bits per heavy atom. The summed E-state index contributed by atoms with van der Waals surface area (Å²) in [5.41, 5.74) is 4.02. The van der Waals surface area contributed by atoms with Crippen molar-refractivity contribution in [3.05, 3.63) is 57.8 Å². The summed E-state index contributed by atoms with van der Waals surface area (Å²) >= 11 is 1.74. The van der Waals surface area contributed by atoms with Crippen molar-refractivity contribution >= 4 is 41.3 Å². The van der Waals surface area contributed by atoms with Crippen molar-refractivity contribution in [3.63, 3.8) is 0 Å². The van der Waals surface area contributed by atoms with Crippen LogP contribution in [-0.2, 0) is 13.1 Å². The van der Waals surface area contributed by atoms with Crippen LogP contribution in [0, 0.1) is 0 Å². The van der Waals surface area contributed by atoms with Crippen LogP contribution in [0.4, 0.5) is 0 Å². The lowest BCUT2D eigenvalue weighted by Gasteiger charge is -2.18. The van der Waals surface area contributed by atoms with E-state index in [0.29, 0.717) is 5.92 Å². The number of benzene rings is 1. The van der Waals surface area contributed by atoms with Crippen molar-refractivity contribution in [3.8, 4) is 0 Å². The van der Waals surface area contributed by atoms with Gasteiger partial charge in [-0.3, -0.25) is 4.99 Å². The third-order valence-corrected chi connectivity index (χ3v) is 4.66. The van der Waals surface area contributed by atoms with Crippen molar-refractivity contribution < 1.29 is 0 Å². The molecule has 1 aromatic heterocycles. The number of hydrogen-bond acceptors (Lipinski definition) is 3. The van der Waals surface area contributed by atoms with Crippen LogP contribution >= 0.6 is 35.3 Å². The first-order chi connectivity index (χ1) is 11.6. The summed E-state index contributed by atoms with van der Waals surface area (Å²) in [6, 6.07) is 10.7. The zero-order valence-corrected chi connectivity index (χ0v) is 18.6. The van der Waals surface area contributed by atoms with Crippen molar-refractivity contribution in [1.29, 1.82) is 0 Å². The van der Waals surface area contributed by atoms with Gasteiger partial charge in [0.1, 0.15) is 0 Å². The standard InChI is InChI=1S/C19H28N4S.HI/c1-15(18-9-10-24-14-18)11-21-19(20-2)22-12-16-7-5-6-8-17(16)13-23(3)4;/h5-10,14-15H,11-13H2,1-4H3,(H2,20,21,22);1H. The van der Waals surface area contributed by atoms with E-state index >= 15 is 0 Å². The predicted octanol–water partition coefficient (Wildman–Crippen LogP) is 3.90. The van der Waals surface area contributed by atoms with Crippen molar-refractivity contribution in [2.75, 3.05) is 27.7 Å². The molecule has 2 aromatic rings. The van der Waals surface area contributed by atoms with Gasteiger partial charge in [-0.2, -0.15) is 11.3 Å². The van der Waals surface area contributed by atoms with E-state index in [2.05, 4.69) is 82.6 Å². The highest BCUT2D eigenvalue weighted by molar-refractivity contribution is 14.0. The minimum absolute atomic E-state index is 0. The Labute approximate surface area is 172 Å². The third kappa shape index (κ3) is 7.33. The maximum atomic E-state index is 4.33. The monoisotopic (exact) mass is 472 g/mol. The number of rotatable bonds is 7. The molecule has 0 bridgehead atoms. The summed E-state index contributed by atoms with van der Waals surface area (Å²) in [6.45, 7) is 4.82. The first-order valence-corrected chi connectivity index (χ1v) is 9.22. The average molecular weight is 472 g/mol. The SMILES string of the molecule is CN=C(NCc1ccccc1CN(C)C)NCC(C)c1ccsc1.I. The van der Waals surface area contributed by atoms with Crippen LogP contribution in [-0.4, -0.2) is 38.5 Å². The Kier molecular flexibility index (Phi) is 10.1. The van der Waals surface area contributed by atoms with E-state index in [4.69, 9.17) is 0 Å². The van der Waals surface area contributed by atoms with E-state index < -0.39 is 0 Å². The summed E-state index contributed by atoms with van der Waals surface area (Å²) in [4.78, 5) is 6.52. The highest BCUT2D eigenvalue weighted by atomic mass is 127. The fraction of sp³-hybridized carbons (Fsp3) is 0.421. The molecule has 0 saturated carbocycles. The van der Waals surface area contributed by atoms with Crippen LogP contribution in [0.3, 0.4) is 0 Å². The van der Waals surface area contributed by atoms with E-state index in [-0.39, 0.29) is 24.0 Å². The van der Waals surface area contributed by atoms with E-state index in [1.54, 1.807) is 11.3 Å². The molecule has 0 aliphatic rings. The molecule has 25 heavy (non-hydrogen) atoms. The van der Waals surface area contributed by atoms with Gasteiger partial charge in [-0.15, -0.1) is 24.0 Å². The van der Waals surface area contributed by atoms with Gasteiger partial charge in [-0.05, 0) is 53.5 Å². The van der Waals surface area contributed by atoms with Crippen LogP contribution in [0.15, 0.2) is 46.1 Å². The topological polar surface area (TPSA) is 39.7 Å². The van der Waals surface area contributed by atoms with E-state index in [1.807, 2.05) is 7.05 Å². The lowest BCUT2D eigenvalue weighted by atomic mass is 10.1. The summed E-state index contributed by atoms with van der Waals surface area (Å²) < 4.78 is 0. The lowest BCUT2D eigenvalue weighted by molar-refractivity contribution is 0.400. The Bertz CT molecular complexity index is 641. The third-order valence-electron chi connectivity index (χ3n) is 3.96. The highest BCUT2D eigenvalue weighted by Crippen LogP contribution is 2.17. The van der Waals surface area contributed by atoms with Gasteiger partial charge in [0, 0.05) is 26.7 Å². The molecule has 0 fully saturated rings. The fourth-order valence-corrected chi connectivity index (χ4v) is 3.33. The number of aliphatic imine (C=N–C) groups is 1. The largest absolute Gasteiger partial charge is 0.356 e. The second-order valence-corrected chi connectivity index (χ2v) is 7.05. The molecule has 2 N–H and O–H groups in total. The molecule has 1 atom stereocenters. The summed E-state index contributed by atoms with van der Waals surface area (Å²) in [5, 5.41) is 11.2. The number of nitrogens with one attached hydrogen (secondary N) is 2. The van der Waals surface area contributed by atoms with Crippen LogP contribution in [0.5, 0.6) is 0 Å². The van der Waals surface area contributed by atoms with Crippen molar-refractivity contribution in [2.24, 2.45) is 4.99 Å². The molecule has 138 valence electrons. The molecule has 0 aliphatic carbocycles. The van der Waals surface area contributed by atoms with Gasteiger partial charge in [0.15, 0.2) is 5.96 Å². The Morgan fingerprint density at radius 1 is 1.16 bits per heavy atom. The maximum absolute atomic E-state index is 4.33. The number of hydrogen-bond donors (Lipinski definition) is 2. The molecule has 1 unspecified atom stereocenters. The zero-order valence-electron chi connectivity index (χ0n) is 15.5. The minimum Gasteiger partial charge on any atom is -0.356 e. The smallest absolute Gasteiger partial charge is 0.191 e. The molecular weight excluding hydrogens is 443 g/mol. The first-order valence-electron chi connectivity index (χ1n) is 8.28. The van der Waals surface area contributed by atoms with Gasteiger partial charge in [0.2, 0.25) is 0 Å². The number of thiophene rings is 1. The van der Waals surface area contributed by atoms with Gasteiger partial charge in [-0.1, -0.05) is 31.2 Å². The molecular formula is C19H29IN4S. The second-order valence-electron chi connectivity index (χ2n) is 6.27. The molecule has 6 heteroatoms. The van der Waals surface area contributed by atoms with Crippen molar-refractivity contribution in [1.82, 2.24) is 15.5 Å². The van der Waals surface area contributed by atoms with Gasteiger partial charge >= 0.3 is 0 Å². The molecule has 1 aromatic carbocycles. The fourth-order valence-electron chi connectivity index (χ4n) is 2.55. The molecule has 0 aliphatic heterocycles. The summed E-state index contributed by atoms with van der Waals surface area (Å²) in [6.07, 6.45) is 0. The normalized spacial score (nSPS) is 12.6. The highest BCUT2D eigenvalue weighted by Gasteiger charge is 2.08. The lowest BCUT2D eigenvalue weighted by Crippen LogP contribution is -2.38. The van der Waals surface area contributed by atoms with Gasteiger partial charge in [-0.25, -0.2) is 0 Å². The average Bonchev–Trinajstić information content (AvgIpc) is 3.10. The molecule has 0 radical (unpaired) electrons. The summed E-state index contributed by atoms with van der Waals surface area (Å²) in [7, 11) is 6.00. The van der Waals surface area contributed by atoms with Crippen LogP contribution in [0.1, 0.15) is 29.5 Å². The van der Waals surface area contributed by atoms with Gasteiger partial charge in [0.25, 0.3) is 0 Å². The second kappa shape index (κ2) is 11.5. The minimum atomic E-state index is 0. The van der Waals surface area contributed by atoms with Crippen LogP contribution in [0.25, 0.3) is 0 Å². The maximum Gasteiger partial charge on any atom is 0.191 e. The zero-order chi connectivity index (χ0) is 17.4. The predicted molar refractivity (Wildman–Crippen MR) is 120 cm³/mol. The van der Waals surface area contributed by atoms with Gasteiger partial charge in [0.05, 0.1) is 0 Å². The van der Waals surface area contributed by atoms with E-state index in [0.717, 1.165) is 25.6 Å². The molecule has 2 rings (SSSR count). The van der Waals surface area contributed by atoms with Crippen molar-refractivity contribution in [2.45, 2.75) is 25.9 Å². The summed E-state index contributed by atoms with van der Waals surface area (Å²) in [5.74, 6) is 1.31. The molecule has 1 heterocycles. The molecule has 4 nitrogen and oxygen atoms in total. The number of guanidine groups is 1. The Balaban J connectivity index is 0.00000312.